The van der Waals surface area contributed by atoms with E-state index in [4.69, 9.17) is 9.47 Å². The molecule has 1 saturated heterocycles. The predicted molar refractivity (Wildman–Crippen MR) is 113 cm³/mol. The summed E-state index contributed by atoms with van der Waals surface area (Å²) in [5.74, 6) is 1.93. The van der Waals surface area contributed by atoms with Crippen molar-refractivity contribution in [3.8, 4) is 11.5 Å². The minimum atomic E-state index is -0.170. The molecule has 6 nitrogen and oxygen atoms in total. The van der Waals surface area contributed by atoms with Gasteiger partial charge in [0.1, 0.15) is 11.5 Å². The Morgan fingerprint density at radius 3 is 2.32 bits per heavy atom. The van der Waals surface area contributed by atoms with Gasteiger partial charge < -0.3 is 20.1 Å². The summed E-state index contributed by atoms with van der Waals surface area (Å²) in [5, 5.41) is 6.11. The van der Waals surface area contributed by atoms with Gasteiger partial charge >= 0.3 is 6.03 Å². The maximum atomic E-state index is 12.5. The minimum Gasteiger partial charge on any atom is -0.497 e. The van der Waals surface area contributed by atoms with Crippen LogP contribution in [-0.2, 0) is 0 Å². The summed E-state index contributed by atoms with van der Waals surface area (Å²) in [6.07, 6.45) is 5.14. The Bertz CT molecular complexity index is 613. The fraction of sp³-hybridized carbons (Fsp3) is 0.682. The van der Waals surface area contributed by atoms with Gasteiger partial charge in [-0.3, -0.25) is 4.90 Å². The summed E-state index contributed by atoms with van der Waals surface area (Å²) < 4.78 is 10.7. The van der Waals surface area contributed by atoms with Gasteiger partial charge in [-0.15, -0.1) is 0 Å². The third kappa shape index (κ3) is 6.30. The molecule has 1 aliphatic rings. The maximum Gasteiger partial charge on any atom is 0.315 e. The van der Waals surface area contributed by atoms with Gasteiger partial charge in [-0.25, -0.2) is 4.79 Å². The number of nitrogens with one attached hydrogen (secondary N) is 2. The molecule has 0 aliphatic carbocycles. The minimum absolute atomic E-state index is 0.147. The zero-order valence-corrected chi connectivity index (χ0v) is 18.1. The monoisotopic (exact) mass is 391 g/mol. The van der Waals surface area contributed by atoms with Gasteiger partial charge in [0.15, 0.2) is 0 Å². The molecule has 1 heterocycles. The van der Waals surface area contributed by atoms with Crippen molar-refractivity contribution in [3.05, 3.63) is 23.8 Å². The molecule has 158 valence electrons. The lowest BCUT2D eigenvalue weighted by atomic mass is 10.0. The van der Waals surface area contributed by atoms with Crippen molar-refractivity contribution in [2.45, 2.75) is 58.5 Å². The molecule has 1 aliphatic heterocycles. The first-order chi connectivity index (χ1) is 13.5. The second kappa shape index (κ2) is 11.1. The highest BCUT2D eigenvalue weighted by Gasteiger charge is 2.23. The van der Waals surface area contributed by atoms with Gasteiger partial charge in [-0.1, -0.05) is 26.7 Å². The van der Waals surface area contributed by atoms with Crippen LogP contribution in [0.25, 0.3) is 0 Å². The number of methoxy groups -OCH3 is 2. The number of hydrogen-bond donors (Lipinski definition) is 2. The highest BCUT2D eigenvalue weighted by Crippen LogP contribution is 2.29. The Morgan fingerprint density at radius 1 is 1.07 bits per heavy atom. The van der Waals surface area contributed by atoms with E-state index in [1.165, 1.54) is 25.7 Å². The number of hydrogen-bond acceptors (Lipinski definition) is 4. The normalized spacial score (nSPS) is 17.5. The first-order valence-corrected chi connectivity index (χ1v) is 10.5. The van der Waals surface area contributed by atoms with E-state index in [0.717, 1.165) is 24.4 Å². The zero-order chi connectivity index (χ0) is 20.5. The molecule has 6 heteroatoms. The smallest absolute Gasteiger partial charge is 0.315 e. The van der Waals surface area contributed by atoms with Gasteiger partial charge in [-0.2, -0.15) is 0 Å². The quantitative estimate of drug-likeness (QED) is 0.704. The second-order valence-corrected chi connectivity index (χ2v) is 7.95. The largest absolute Gasteiger partial charge is 0.497 e. The number of amides is 2. The topological polar surface area (TPSA) is 62.8 Å². The van der Waals surface area contributed by atoms with E-state index in [9.17, 15) is 4.79 Å². The van der Waals surface area contributed by atoms with E-state index >= 15 is 0 Å². The van der Waals surface area contributed by atoms with Crippen molar-refractivity contribution in [2.24, 2.45) is 5.92 Å². The van der Waals surface area contributed by atoms with Crippen molar-refractivity contribution < 1.29 is 14.3 Å². The SMILES string of the molecule is COc1ccc(C(C)NC(=O)NCC(C(C)C)N2CCCCCC2)c(OC)c1. The van der Waals surface area contributed by atoms with Crippen LogP contribution in [0.3, 0.4) is 0 Å². The second-order valence-electron chi connectivity index (χ2n) is 7.95. The van der Waals surface area contributed by atoms with Crippen molar-refractivity contribution in [3.63, 3.8) is 0 Å². The molecule has 2 rings (SSSR count). The number of carbonyl (C=O) groups excluding carboxylic acids is 1. The molecule has 2 atom stereocenters. The van der Waals surface area contributed by atoms with E-state index in [0.29, 0.717) is 24.3 Å². The van der Waals surface area contributed by atoms with Crippen LogP contribution >= 0.6 is 0 Å². The van der Waals surface area contributed by atoms with Gasteiger partial charge in [-0.05, 0) is 50.9 Å². The fourth-order valence-corrected chi connectivity index (χ4v) is 3.91. The summed E-state index contributed by atoms with van der Waals surface area (Å²) in [4.78, 5) is 15.1. The van der Waals surface area contributed by atoms with Crippen LogP contribution < -0.4 is 20.1 Å². The zero-order valence-electron chi connectivity index (χ0n) is 18.1. The number of urea groups is 1. The fourth-order valence-electron chi connectivity index (χ4n) is 3.91. The van der Waals surface area contributed by atoms with E-state index in [1.54, 1.807) is 14.2 Å². The van der Waals surface area contributed by atoms with Crippen LogP contribution in [0.1, 0.15) is 58.1 Å². The Labute approximate surface area is 170 Å². The molecular weight excluding hydrogens is 354 g/mol. The van der Waals surface area contributed by atoms with Crippen LogP contribution in [0.2, 0.25) is 0 Å². The molecule has 2 N–H and O–H groups in total. The van der Waals surface area contributed by atoms with Crippen molar-refractivity contribution in [1.82, 2.24) is 15.5 Å². The Morgan fingerprint density at radius 2 is 1.75 bits per heavy atom. The summed E-state index contributed by atoms with van der Waals surface area (Å²) in [6, 6.07) is 5.69. The average molecular weight is 392 g/mol. The van der Waals surface area contributed by atoms with E-state index in [2.05, 4.69) is 29.4 Å². The van der Waals surface area contributed by atoms with Crippen LogP contribution in [0.4, 0.5) is 4.79 Å². The molecule has 0 aromatic heterocycles. The third-order valence-electron chi connectivity index (χ3n) is 5.61. The van der Waals surface area contributed by atoms with Crippen LogP contribution in [0, 0.1) is 5.92 Å². The number of carbonyl (C=O) groups is 1. The van der Waals surface area contributed by atoms with Crippen molar-refractivity contribution in [2.75, 3.05) is 33.9 Å². The molecule has 0 bridgehead atoms. The summed E-state index contributed by atoms with van der Waals surface area (Å²) in [6.45, 7) is 9.35. The molecule has 0 spiro atoms. The average Bonchev–Trinajstić information content (AvgIpc) is 2.96. The Hall–Kier alpha value is -1.95. The number of likely N-dealkylation sites (tertiary alicyclic amines) is 1. The van der Waals surface area contributed by atoms with Crippen molar-refractivity contribution >= 4 is 6.03 Å². The lowest BCUT2D eigenvalue weighted by Gasteiger charge is -2.33. The molecule has 1 aromatic carbocycles. The van der Waals surface area contributed by atoms with Gasteiger partial charge in [0.05, 0.1) is 20.3 Å². The molecule has 2 unspecified atom stereocenters. The highest BCUT2D eigenvalue weighted by molar-refractivity contribution is 5.74. The molecule has 2 amide bonds. The van der Waals surface area contributed by atoms with E-state index in [1.807, 2.05) is 25.1 Å². The summed E-state index contributed by atoms with van der Waals surface area (Å²) in [7, 11) is 3.25. The molecule has 0 saturated carbocycles. The third-order valence-corrected chi connectivity index (χ3v) is 5.61. The lowest BCUT2D eigenvalue weighted by molar-refractivity contribution is 0.156. The first kappa shape index (κ1) is 22.3. The lowest BCUT2D eigenvalue weighted by Crippen LogP contribution is -2.49. The molecule has 1 fully saturated rings. The number of rotatable bonds is 8. The number of benzene rings is 1. The highest BCUT2D eigenvalue weighted by atomic mass is 16.5. The number of ether oxygens (including phenoxy) is 2. The van der Waals surface area contributed by atoms with Crippen LogP contribution in [0.15, 0.2) is 18.2 Å². The van der Waals surface area contributed by atoms with Gasteiger partial charge in [0, 0.05) is 24.2 Å². The van der Waals surface area contributed by atoms with E-state index in [-0.39, 0.29) is 12.1 Å². The molecule has 0 radical (unpaired) electrons. The number of nitrogens with zero attached hydrogens (tertiary/aromatic N) is 1. The molecule has 1 aromatic rings. The van der Waals surface area contributed by atoms with Gasteiger partial charge in [0.2, 0.25) is 0 Å². The summed E-state index contributed by atoms with van der Waals surface area (Å²) in [5.41, 5.74) is 0.923. The Kier molecular flexibility index (Phi) is 8.90. The van der Waals surface area contributed by atoms with Crippen LogP contribution in [0.5, 0.6) is 11.5 Å². The molecule has 28 heavy (non-hydrogen) atoms. The van der Waals surface area contributed by atoms with E-state index < -0.39 is 0 Å². The molecular formula is C22H37N3O3. The van der Waals surface area contributed by atoms with Crippen molar-refractivity contribution in [1.29, 1.82) is 0 Å². The summed E-state index contributed by atoms with van der Waals surface area (Å²) >= 11 is 0. The van der Waals surface area contributed by atoms with Crippen LogP contribution in [-0.4, -0.2) is 50.8 Å². The standard InChI is InChI=1S/C22H37N3O3/c1-16(2)20(25-12-8-6-7-9-13-25)15-23-22(26)24-17(3)19-11-10-18(27-4)14-21(19)28-5/h10-11,14,16-17,20H,6-9,12-13,15H2,1-5H3,(H2,23,24,26). The first-order valence-electron chi connectivity index (χ1n) is 10.5. The van der Waals surface area contributed by atoms with Gasteiger partial charge in [0.25, 0.3) is 0 Å². The predicted octanol–water partition coefficient (Wildman–Crippen LogP) is 3.96. The Balaban J connectivity index is 1.93. The maximum absolute atomic E-state index is 12.5.